The highest BCUT2D eigenvalue weighted by Crippen LogP contribution is 2.33. The number of ether oxygens (including phenoxy) is 1. The lowest BCUT2D eigenvalue weighted by Crippen LogP contribution is -2.36. The van der Waals surface area contributed by atoms with Gasteiger partial charge in [-0.1, -0.05) is 0 Å². The first-order valence-electron chi connectivity index (χ1n) is 7.07. The second kappa shape index (κ2) is 5.02. The van der Waals surface area contributed by atoms with Crippen LogP contribution in [0.1, 0.15) is 36.9 Å². The molecule has 4 nitrogen and oxygen atoms in total. The van der Waals surface area contributed by atoms with E-state index in [1.54, 1.807) is 7.11 Å². The lowest BCUT2D eigenvalue weighted by molar-refractivity contribution is 0.135. The van der Waals surface area contributed by atoms with Gasteiger partial charge in [-0.05, 0) is 25.7 Å². The molecule has 18 heavy (non-hydrogen) atoms. The topological polar surface area (TPSA) is 30.3 Å². The Morgan fingerprint density at radius 3 is 2.94 bits per heavy atom. The zero-order chi connectivity index (χ0) is 12.5. The number of fused-ring (bicyclic) bond motifs is 1. The molecule has 1 aromatic heterocycles. The predicted octanol–water partition coefficient (Wildman–Crippen LogP) is 1.86. The van der Waals surface area contributed by atoms with E-state index in [2.05, 4.69) is 22.7 Å². The van der Waals surface area contributed by atoms with Crippen molar-refractivity contribution >= 4 is 0 Å². The van der Waals surface area contributed by atoms with Crippen molar-refractivity contribution in [2.45, 2.75) is 38.8 Å². The first-order chi connectivity index (χ1) is 8.80. The quantitative estimate of drug-likeness (QED) is 0.798. The molecular weight excluding hydrogens is 226 g/mol. The Hall–Kier alpha value is -0.870. The lowest BCUT2D eigenvalue weighted by atomic mass is 9.97. The van der Waals surface area contributed by atoms with Crippen LogP contribution in [0, 0.1) is 5.92 Å². The van der Waals surface area contributed by atoms with Crippen LogP contribution in [0.25, 0.3) is 0 Å². The van der Waals surface area contributed by atoms with E-state index in [0.29, 0.717) is 5.92 Å². The second-order valence-electron chi connectivity index (χ2n) is 5.68. The van der Waals surface area contributed by atoms with E-state index >= 15 is 0 Å². The van der Waals surface area contributed by atoms with E-state index < -0.39 is 0 Å². The zero-order valence-corrected chi connectivity index (χ0v) is 11.4. The molecule has 0 aromatic carbocycles. The number of nitrogens with zero attached hydrogens (tertiary/aromatic N) is 3. The van der Waals surface area contributed by atoms with Gasteiger partial charge in [0.2, 0.25) is 0 Å². The van der Waals surface area contributed by atoms with E-state index in [1.807, 2.05) is 0 Å². The number of aromatic nitrogens is 2. The fraction of sp³-hybridized carbons (Fsp3) is 0.786. The maximum absolute atomic E-state index is 5.37. The summed E-state index contributed by atoms with van der Waals surface area (Å²) in [7, 11) is 1.79. The molecule has 1 unspecified atom stereocenters. The van der Waals surface area contributed by atoms with Crippen LogP contribution < -0.4 is 0 Å². The summed E-state index contributed by atoms with van der Waals surface area (Å²) in [6, 6.07) is 0. The largest absolute Gasteiger partial charge is 0.384 e. The van der Waals surface area contributed by atoms with Crippen molar-refractivity contribution in [2.24, 2.45) is 5.92 Å². The van der Waals surface area contributed by atoms with Gasteiger partial charge in [0.25, 0.3) is 0 Å². The minimum absolute atomic E-state index is 0.449. The monoisotopic (exact) mass is 249 g/mol. The molecule has 1 aromatic rings. The Kier molecular flexibility index (Phi) is 3.39. The first-order valence-corrected chi connectivity index (χ1v) is 7.07. The molecule has 2 heterocycles. The van der Waals surface area contributed by atoms with Crippen LogP contribution in [-0.2, 0) is 17.8 Å². The number of methoxy groups -OCH3 is 1. The Labute approximate surface area is 109 Å². The average molecular weight is 249 g/mol. The standard InChI is InChI=1S/C14H23N3O/c1-3-17-9-12-7-16(6-11-4-5-11)8-13(10-18-2)14(12)15-17/h9,11,13H,3-8,10H2,1-2H3. The molecule has 1 aliphatic heterocycles. The summed E-state index contributed by atoms with van der Waals surface area (Å²) in [4.78, 5) is 2.59. The number of rotatable bonds is 5. The lowest BCUT2D eigenvalue weighted by Gasteiger charge is -2.31. The molecule has 0 saturated heterocycles. The fourth-order valence-electron chi connectivity index (χ4n) is 2.95. The maximum Gasteiger partial charge on any atom is 0.0736 e. The zero-order valence-electron chi connectivity index (χ0n) is 11.4. The average Bonchev–Trinajstić information content (AvgIpc) is 3.06. The van der Waals surface area contributed by atoms with Crippen molar-refractivity contribution in [1.29, 1.82) is 0 Å². The Balaban J connectivity index is 1.78. The van der Waals surface area contributed by atoms with Gasteiger partial charge in [-0.15, -0.1) is 0 Å². The Bertz CT molecular complexity index is 411. The van der Waals surface area contributed by atoms with Gasteiger partial charge in [0.1, 0.15) is 0 Å². The first kappa shape index (κ1) is 12.2. The fourth-order valence-corrected chi connectivity index (χ4v) is 2.95. The molecule has 3 rings (SSSR count). The highest BCUT2D eigenvalue weighted by molar-refractivity contribution is 5.24. The van der Waals surface area contributed by atoms with Gasteiger partial charge < -0.3 is 4.74 Å². The molecule has 1 saturated carbocycles. The summed E-state index contributed by atoms with van der Waals surface area (Å²) in [6.07, 6.45) is 5.07. The second-order valence-corrected chi connectivity index (χ2v) is 5.68. The van der Waals surface area contributed by atoms with Crippen LogP contribution in [0.2, 0.25) is 0 Å². The number of hydrogen-bond donors (Lipinski definition) is 0. The Morgan fingerprint density at radius 1 is 1.44 bits per heavy atom. The number of hydrogen-bond acceptors (Lipinski definition) is 3. The maximum atomic E-state index is 5.37. The highest BCUT2D eigenvalue weighted by atomic mass is 16.5. The van der Waals surface area contributed by atoms with Crippen LogP contribution in [0.15, 0.2) is 6.20 Å². The summed E-state index contributed by atoms with van der Waals surface area (Å²) in [6.45, 7) is 7.33. The molecule has 0 radical (unpaired) electrons. The molecule has 100 valence electrons. The van der Waals surface area contributed by atoms with Crippen molar-refractivity contribution in [1.82, 2.24) is 14.7 Å². The van der Waals surface area contributed by atoms with Crippen molar-refractivity contribution in [2.75, 3.05) is 26.8 Å². The minimum Gasteiger partial charge on any atom is -0.384 e. The third-order valence-electron chi connectivity index (χ3n) is 4.03. The molecule has 1 aliphatic carbocycles. The smallest absolute Gasteiger partial charge is 0.0736 e. The van der Waals surface area contributed by atoms with E-state index in [0.717, 1.165) is 32.2 Å². The van der Waals surface area contributed by atoms with Crippen LogP contribution in [0.3, 0.4) is 0 Å². The van der Waals surface area contributed by atoms with Crippen molar-refractivity contribution in [3.8, 4) is 0 Å². The van der Waals surface area contributed by atoms with Gasteiger partial charge in [-0.3, -0.25) is 9.58 Å². The van der Waals surface area contributed by atoms with Gasteiger partial charge in [0.05, 0.1) is 12.3 Å². The van der Waals surface area contributed by atoms with Crippen LogP contribution >= 0.6 is 0 Å². The van der Waals surface area contributed by atoms with Gasteiger partial charge in [-0.25, -0.2) is 0 Å². The van der Waals surface area contributed by atoms with Crippen LogP contribution in [0.5, 0.6) is 0 Å². The molecule has 0 spiro atoms. The summed E-state index contributed by atoms with van der Waals surface area (Å²) in [5.41, 5.74) is 2.68. The third-order valence-corrected chi connectivity index (χ3v) is 4.03. The van der Waals surface area contributed by atoms with E-state index in [4.69, 9.17) is 9.84 Å². The summed E-state index contributed by atoms with van der Waals surface area (Å²) in [5, 5.41) is 4.71. The van der Waals surface area contributed by atoms with Gasteiger partial charge >= 0.3 is 0 Å². The minimum atomic E-state index is 0.449. The van der Waals surface area contributed by atoms with Crippen molar-refractivity contribution < 1.29 is 4.74 Å². The Morgan fingerprint density at radius 2 is 2.28 bits per heavy atom. The molecule has 0 amide bonds. The van der Waals surface area contributed by atoms with Crippen LogP contribution in [-0.4, -0.2) is 41.5 Å². The van der Waals surface area contributed by atoms with E-state index in [9.17, 15) is 0 Å². The van der Waals surface area contributed by atoms with E-state index in [1.165, 1.54) is 30.6 Å². The molecule has 1 fully saturated rings. The van der Waals surface area contributed by atoms with Gasteiger partial charge in [-0.2, -0.15) is 5.10 Å². The van der Waals surface area contributed by atoms with Crippen LogP contribution in [0.4, 0.5) is 0 Å². The summed E-state index contributed by atoms with van der Waals surface area (Å²) >= 11 is 0. The number of aryl methyl sites for hydroxylation is 1. The molecule has 4 heteroatoms. The molecule has 1 atom stereocenters. The normalized spacial score (nSPS) is 24.2. The molecular formula is C14H23N3O. The molecule has 2 aliphatic rings. The molecule has 0 N–H and O–H groups in total. The van der Waals surface area contributed by atoms with Gasteiger partial charge in [0, 0.05) is 51.0 Å². The molecule has 0 bridgehead atoms. The van der Waals surface area contributed by atoms with Crippen molar-refractivity contribution in [3.63, 3.8) is 0 Å². The predicted molar refractivity (Wildman–Crippen MR) is 70.5 cm³/mol. The third kappa shape index (κ3) is 2.45. The highest BCUT2D eigenvalue weighted by Gasteiger charge is 2.32. The SMILES string of the molecule is CCn1cc2c(n1)C(COC)CN(CC1CC1)C2. The summed E-state index contributed by atoms with van der Waals surface area (Å²) < 4.78 is 7.44. The summed E-state index contributed by atoms with van der Waals surface area (Å²) in [5.74, 6) is 1.40. The van der Waals surface area contributed by atoms with Crippen molar-refractivity contribution in [3.05, 3.63) is 17.5 Å². The van der Waals surface area contributed by atoms with Gasteiger partial charge in [0.15, 0.2) is 0 Å². The van der Waals surface area contributed by atoms with E-state index in [-0.39, 0.29) is 0 Å².